The van der Waals surface area contributed by atoms with Gasteiger partial charge in [0.05, 0.1) is 11.1 Å². The van der Waals surface area contributed by atoms with Crippen molar-refractivity contribution in [3.8, 4) is 23.0 Å². The molecule has 8 nitrogen and oxygen atoms in total. The molecule has 0 amide bonds. The lowest BCUT2D eigenvalue weighted by Gasteiger charge is -2.35. The lowest BCUT2D eigenvalue weighted by Crippen LogP contribution is -2.33. The zero-order chi connectivity index (χ0) is 40.7. The van der Waals surface area contributed by atoms with Gasteiger partial charge in [0, 0.05) is 71.8 Å². The van der Waals surface area contributed by atoms with Gasteiger partial charge in [0.15, 0.2) is 0 Å². The van der Waals surface area contributed by atoms with Crippen molar-refractivity contribution in [2.45, 2.75) is 110 Å². The van der Waals surface area contributed by atoms with Crippen LogP contribution >= 0.6 is 16.9 Å². The Kier molecular flexibility index (Phi) is 9.61. The van der Waals surface area contributed by atoms with Crippen LogP contribution in [0.4, 0.5) is 0 Å². The Bertz CT molecular complexity index is 2110. The van der Waals surface area contributed by atoms with Crippen LogP contribution in [0.15, 0.2) is 110 Å². The highest BCUT2D eigenvalue weighted by Gasteiger charge is 2.57. The molecule has 0 aliphatic carbocycles. The van der Waals surface area contributed by atoms with Gasteiger partial charge >= 0.3 is 16.9 Å². The van der Waals surface area contributed by atoms with Gasteiger partial charge < -0.3 is 18.5 Å². The fraction of sp³-hybridized carbons (Fsp3) is 0.404. The van der Waals surface area contributed by atoms with Gasteiger partial charge in [-0.3, -0.25) is 17.4 Å². The second kappa shape index (κ2) is 13.9. The number of fused-ring (bicyclic) bond motifs is 4. The van der Waals surface area contributed by atoms with E-state index in [1.807, 2.05) is 0 Å². The molecule has 6 aromatic rings. The average Bonchev–Trinajstić information content (AvgIpc) is 3.98. The van der Waals surface area contributed by atoms with Crippen molar-refractivity contribution in [3.63, 3.8) is 0 Å². The van der Waals surface area contributed by atoms with E-state index in [2.05, 4.69) is 211 Å². The molecular weight excluding hydrogens is 746 g/mol. The standard InChI is InChI=1S/C47H58N4O4P2/c1-43(2,3)33-29-35(45(7,8)9)41(54-56(48-21-13-14-22-48)49-23-15-16-24-49)37-39(33)52-31-47(37)32-53-40-34(44(4,5)6)30-36(46(10,11)12)42(38(40)47)55-57(50-25-17-18-26-50)51-27-19-20-28-51/h13-30H,31-32H2,1-12H3. The molecule has 10 heteroatoms. The topological polar surface area (TPSA) is 56.6 Å². The van der Waals surface area contributed by atoms with Crippen molar-refractivity contribution in [1.82, 2.24) is 17.4 Å². The molecule has 0 saturated carbocycles. The van der Waals surface area contributed by atoms with E-state index in [1.165, 1.54) is 11.1 Å². The Labute approximate surface area is 341 Å². The summed E-state index contributed by atoms with van der Waals surface area (Å²) in [5, 5.41) is 0. The summed E-state index contributed by atoms with van der Waals surface area (Å²) in [6, 6.07) is 21.2. The number of nitrogens with zero attached hydrogens (tertiary/aromatic N) is 4. The van der Waals surface area contributed by atoms with Gasteiger partial charge in [-0.2, -0.15) is 0 Å². The summed E-state index contributed by atoms with van der Waals surface area (Å²) in [6.45, 7) is 28.2. The Morgan fingerprint density at radius 2 is 0.702 bits per heavy atom. The van der Waals surface area contributed by atoms with Gasteiger partial charge in [-0.15, -0.1) is 0 Å². The van der Waals surface area contributed by atoms with Crippen LogP contribution < -0.4 is 18.5 Å². The van der Waals surface area contributed by atoms with E-state index < -0.39 is 22.3 Å². The Balaban J connectivity index is 1.48. The minimum atomic E-state index is -1.38. The van der Waals surface area contributed by atoms with Crippen LogP contribution in [-0.2, 0) is 27.1 Å². The van der Waals surface area contributed by atoms with Crippen LogP contribution in [-0.4, -0.2) is 30.6 Å². The van der Waals surface area contributed by atoms with E-state index in [4.69, 9.17) is 18.5 Å². The van der Waals surface area contributed by atoms with E-state index in [9.17, 15) is 0 Å². The number of hydrogen-bond acceptors (Lipinski definition) is 4. The van der Waals surface area contributed by atoms with Crippen LogP contribution in [0.2, 0.25) is 0 Å². The third-order valence-electron chi connectivity index (χ3n) is 11.1. The number of benzene rings is 2. The normalized spacial score (nSPS) is 15.3. The van der Waals surface area contributed by atoms with Crippen molar-refractivity contribution in [2.75, 3.05) is 13.2 Å². The van der Waals surface area contributed by atoms with E-state index in [0.29, 0.717) is 13.2 Å². The van der Waals surface area contributed by atoms with E-state index in [0.717, 1.165) is 45.3 Å². The largest absolute Gasteiger partial charge is 0.491 e. The zero-order valence-corrected chi connectivity index (χ0v) is 37.4. The molecule has 0 bridgehead atoms. The molecule has 0 fully saturated rings. The van der Waals surface area contributed by atoms with Crippen LogP contribution in [0.1, 0.15) is 116 Å². The summed E-state index contributed by atoms with van der Waals surface area (Å²) in [7, 11) is -2.76. The first-order valence-electron chi connectivity index (χ1n) is 20.0. The molecule has 2 aliphatic rings. The van der Waals surface area contributed by atoms with Crippen molar-refractivity contribution in [1.29, 1.82) is 0 Å². The average molecular weight is 805 g/mol. The van der Waals surface area contributed by atoms with Gasteiger partial charge in [0.25, 0.3) is 0 Å². The summed E-state index contributed by atoms with van der Waals surface area (Å²) >= 11 is 0. The van der Waals surface area contributed by atoms with Crippen LogP contribution in [0, 0.1) is 0 Å². The highest BCUT2D eigenvalue weighted by Crippen LogP contribution is 2.65. The SMILES string of the molecule is CC(C)(C)c1cc(C(C)(C)C)c(OP(n2cccc2)n2cccc2)c2c1OCC21COc2c(C(C)(C)C)cc(C(C)(C)C)c(OP(n3cccc3)n3cccc3)c21. The third-order valence-corrected chi connectivity index (χ3v) is 14.4. The molecule has 300 valence electrons. The van der Waals surface area contributed by atoms with Crippen LogP contribution in [0.3, 0.4) is 0 Å². The molecule has 0 N–H and O–H groups in total. The first-order valence-corrected chi connectivity index (χ1v) is 22.3. The Hall–Kier alpha value is -4.38. The van der Waals surface area contributed by atoms with Gasteiger partial charge in [0.2, 0.25) is 0 Å². The molecule has 4 aromatic heterocycles. The molecular formula is C47H58N4O4P2. The Morgan fingerprint density at radius 1 is 0.439 bits per heavy atom. The maximum absolute atomic E-state index is 7.62. The quantitative estimate of drug-likeness (QED) is 0.144. The van der Waals surface area contributed by atoms with Gasteiger partial charge in [-0.05, 0) is 82.3 Å². The Morgan fingerprint density at radius 3 is 0.947 bits per heavy atom. The first-order chi connectivity index (χ1) is 26.8. The summed E-state index contributed by atoms with van der Waals surface area (Å²) in [5.74, 6) is 3.49. The van der Waals surface area contributed by atoms with Gasteiger partial charge in [-0.25, -0.2) is 0 Å². The molecule has 2 aliphatic heterocycles. The summed E-state index contributed by atoms with van der Waals surface area (Å²) < 4.78 is 38.3. The number of aromatic nitrogens is 4. The summed E-state index contributed by atoms with van der Waals surface area (Å²) in [6.07, 6.45) is 16.7. The summed E-state index contributed by atoms with van der Waals surface area (Å²) in [4.78, 5) is 0. The predicted octanol–water partition coefficient (Wildman–Crippen LogP) is 12.6. The minimum absolute atomic E-state index is 0.220. The molecule has 8 rings (SSSR count). The predicted molar refractivity (Wildman–Crippen MR) is 234 cm³/mol. The highest BCUT2D eigenvalue weighted by atomic mass is 31.2. The maximum Gasteiger partial charge on any atom is 0.317 e. The molecule has 0 radical (unpaired) electrons. The number of hydrogen-bond donors (Lipinski definition) is 0. The molecule has 2 aromatic carbocycles. The maximum atomic E-state index is 7.62. The van der Waals surface area contributed by atoms with E-state index in [1.54, 1.807) is 0 Å². The smallest absolute Gasteiger partial charge is 0.317 e. The molecule has 0 atom stereocenters. The second-order valence-corrected chi connectivity index (χ2v) is 22.8. The lowest BCUT2D eigenvalue weighted by atomic mass is 9.69. The monoisotopic (exact) mass is 804 g/mol. The minimum Gasteiger partial charge on any atom is -0.491 e. The number of ether oxygens (including phenoxy) is 2. The van der Waals surface area contributed by atoms with Gasteiger partial charge in [-0.1, -0.05) is 83.1 Å². The fourth-order valence-electron chi connectivity index (χ4n) is 8.08. The van der Waals surface area contributed by atoms with Crippen molar-refractivity contribution in [2.24, 2.45) is 0 Å². The van der Waals surface area contributed by atoms with E-state index in [-0.39, 0.29) is 21.7 Å². The highest BCUT2D eigenvalue weighted by molar-refractivity contribution is 7.49. The zero-order valence-electron chi connectivity index (χ0n) is 35.6. The number of rotatable bonds is 8. The van der Waals surface area contributed by atoms with Crippen molar-refractivity contribution < 1.29 is 18.5 Å². The van der Waals surface area contributed by atoms with Crippen LogP contribution in [0.25, 0.3) is 0 Å². The van der Waals surface area contributed by atoms with E-state index >= 15 is 0 Å². The second-order valence-electron chi connectivity index (χ2n) is 19.6. The molecule has 6 heterocycles. The molecule has 57 heavy (non-hydrogen) atoms. The van der Waals surface area contributed by atoms with Crippen molar-refractivity contribution in [3.05, 3.63) is 144 Å². The van der Waals surface area contributed by atoms with Gasteiger partial charge in [0.1, 0.15) is 41.6 Å². The van der Waals surface area contributed by atoms with Crippen LogP contribution in [0.5, 0.6) is 23.0 Å². The molecule has 1 spiro atoms. The lowest BCUT2D eigenvalue weighted by molar-refractivity contribution is 0.233. The molecule has 0 unspecified atom stereocenters. The fourth-order valence-corrected chi connectivity index (χ4v) is 11.2. The first kappa shape index (κ1) is 39.4. The molecule has 0 saturated heterocycles. The van der Waals surface area contributed by atoms with Crippen molar-refractivity contribution >= 4 is 16.9 Å². The third kappa shape index (κ3) is 6.91. The summed E-state index contributed by atoms with van der Waals surface area (Å²) in [5.41, 5.74) is 4.98.